The van der Waals surface area contributed by atoms with Crippen LogP contribution < -0.4 is 21.1 Å². The number of aromatic nitrogens is 3. The first-order valence-electron chi connectivity index (χ1n) is 9.40. The van der Waals surface area contributed by atoms with E-state index < -0.39 is 0 Å². The fraction of sp³-hybridized carbons (Fsp3) is 0.526. The van der Waals surface area contributed by atoms with Crippen LogP contribution in [0.1, 0.15) is 13.3 Å². The van der Waals surface area contributed by atoms with Gasteiger partial charge < -0.3 is 30.6 Å². The van der Waals surface area contributed by atoms with Crippen molar-refractivity contribution in [3.05, 3.63) is 18.2 Å². The van der Waals surface area contributed by atoms with E-state index in [-0.39, 0.29) is 6.04 Å². The van der Waals surface area contributed by atoms with Crippen molar-refractivity contribution < 1.29 is 14.2 Å². The number of methoxy groups -OCH3 is 1. The normalized spacial score (nSPS) is 17.8. The van der Waals surface area contributed by atoms with Crippen molar-refractivity contribution in [3.8, 4) is 17.3 Å². The molecule has 10 heteroatoms. The van der Waals surface area contributed by atoms with Gasteiger partial charge in [0.2, 0.25) is 5.88 Å². The Bertz CT molecular complexity index is 772. The number of thiol groups is 1. The molecule has 4 rings (SSSR count). The number of hydrogen-bond acceptors (Lipinski definition) is 10. The Morgan fingerprint density at radius 2 is 1.69 bits per heavy atom. The molecule has 160 valence electrons. The molecule has 2 fully saturated rings. The molecule has 2 aromatic rings. The minimum Gasteiger partial charge on any atom is -0.481 e. The third-order valence-corrected chi connectivity index (χ3v) is 4.26. The molecule has 4 heterocycles. The zero-order valence-corrected chi connectivity index (χ0v) is 18.1. The lowest BCUT2D eigenvalue weighted by Crippen LogP contribution is -2.44. The molecule has 9 nitrogen and oxygen atoms in total. The van der Waals surface area contributed by atoms with Crippen molar-refractivity contribution in [2.75, 3.05) is 62.7 Å². The van der Waals surface area contributed by atoms with E-state index in [2.05, 4.69) is 39.4 Å². The van der Waals surface area contributed by atoms with Crippen LogP contribution in [-0.4, -0.2) is 67.3 Å². The smallest absolute Gasteiger partial charge is 0.215 e. The Labute approximate surface area is 177 Å². The summed E-state index contributed by atoms with van der Waals surface area (Å²) in [6.45, 7) is 6.18. The van der Waals surface area contributed by atoms with Crippen LogP contribution in [0.15, 0.2) is 18.2 Å². The lowest BCUT2D eigenvalue weighted by atomic mass is 10.2. The second kappa shape index (κ2) is 11.6. The Hall–Kier alpha value is -2.30. The van der Waals surface area contributed by atoms with E-state index in [4.69, 9.17) is 25.7 Å². The molecule has 2 aliphatic rings. The van der Waals surface area contributed by atoms with Gasteiger partial charge in [0.1, 0.15) is 17.5 Å². The molecule has 0 aromatic carbocycles. The van der Waals surface area contributed by atoms with E-state index in [1.54, 1.807) is 24.5 Å². The molecule has 4 N–H and O–H groups in total. The summed E-state index contributed by atoms with van der Waals surface area (Å²) in [4.78, 5) is 15.2. The maximum absolute atomic E-state index is 5.97. The first kappa shape index (κ1) is 23.0. The first-order chi connectivity index (χ1) is 14.1. The number of hydrogen-bond donors (Lipinski definition) is 3. The van der Waals surface area contributed by atoms with Crippen LogP contribution in [0.4, 0.5) is 17.5 Å². The molecule has 0 saturated carbocycles. The number of nitrogens with two attached hydrogens (primary N) is 2. The monoisotopic (exact) mass is 422 g/mol. The van der Waals surface area contributed by atoms with Crippen molar-refractivity contribution in [2.24, 2.45) is 0 Å². The van der Waals surface area contributed by atoms with Gasteiger partial charge in [-0.25, -0.2) is 9.97 Å². The summed E-state index contributed by atoms with van der Waals surface area (Å²) in [6, 6.07) is 5.43. The molecule has 0 aliphatic carbocycles. The highest BCUT2D eigenvalue weighted by Crippen LogP contribution is 2.26. The molecule has 2 saturated heterocycles. The molecule has 1 atom stereocenters. The molecule has 0 spiro atoms. The third kappa shape index (κ3) is 6.62. The predicted octanol–water partition coefficient (Wildman–Crippen LogP) is 1.89. The second-order valence-corrected chi connectivity index (χ2v) is 6.38. The van der Waals surface area contributed by atoms with E-state index in [0.29, 0.717) is 42.1 Å². The SMILES string of the molecule is C1COC1.COc1cc(-c2nc(N)cc(N3CCOCC3C)n2)cc(N)n1.CS. The van der Waals surface area contributed by atoms with Crippen molar-refractivity contribution in [3.63, 3.8) is 0 Å². The topological polar surface area (TPSA) is 122 Å². The summed E-state index contributed by atoms with van der Waals surface area (Å²) in [6.07, 6.45) is 2.97. The standard InChI is InChI=1S/C15H20N6O2.C3H6O.CH4S/c1-9-8-23-4-3-21(9)13-7-12(17)19-15(20-13)10-5-11(16)18-14(6-10)22-2;1-2-4-3-1;1-2/h5-7,9H,3-4,8H2,1-2H3,(H2,16,18)(H2,17,19,20);1-3H2;2H,1H3. The second-order valence-electron chi connectivity index (χ2n) is 6.38. The zero-order valence-electron chi connectivity index (χ0n) is 17.2. The van der Waals surface area contributed by atoms with Gasteiger partial charge in [0.25, 0.3) is 0 Å². The molecular formula is C19H30N6O3S. The van der Waals surface area contributed by atoms with E-state index >= 15 is 0 Å². The minimum absolute atomic E-state index is 0.225. The molecule has 2 aliphatic heterocycles. The highest BCUT2D eigenvalue weighted by Gasteiger charge is 2.21. The average molecular weight is 423 g/mol. The fourth-order valence-electron chi connectivity index (χ4n) is 2.70. The summed E-state index contributed by atoms with van der Waals surface area (Å²) in [5.74, 6) is 2.42. The van der Waals surface area contributed by atoms with Crippen LogP contribution in [0.2, 0.25) is 0 Å². The van der Waals surface area contributed by atoms with Gasteiger partial charge in [-0.1, -0.05) is 0 Å². The molecule has 0 radical (unpaired) electrons. The Balaban J connectivity index is 0.000000436. The summed E-state index contributed by atoms with van der Waals surface area (Å²) in [7, 11) is 1.53. The summed E-state index contributed by atoms with van der Waals surface area (Å²) < 4.78 is 15.3. The molecule has 2 aromatic heterocycles. The number of morpholine rings is 1. The Kier molecular flexibility index (Phi) is 9.23. The van der Waals surface area contributed by atoms with Gasteiger partial charge in [0, 0.05) is 37.5 Å². The lowest BCUT2D eigenvalue weighted by molar-refractivity contribution is 0.0367. The van der Waals surface area contributed by atoms with Gasteiger partial charge >= 0.3 is 0 Å². The summed E-state index contributed by atoms with van der Waals surface area (Å²) in [5, 5.41) is 0. The highest BCUT2D eigenvalue weighted by atomic mass is 32.1. The quantitative estimate of drug-likeness (QED) is 0.636. The van der Waals surface area contributed by atoms with Crippen LogP contribution in [0.5, 0.6) is 5.88 Å². The maximum Gasteiger partial charge on any atom is 0.215 e. The van der Waals surface area contributed by atoms with Crippen molar-refractivity contribution in [2.45, 2.75) is 19.4 Å². The minimum atomic E-state index is 0.225. The molecule has 29 heavy (non-hydrogen) atoms. The number of anilines is 3. The molecular weight excluding hydrogens is 392 g/mol. The number of ether oxygens (including phenoxy) is 3. The summed E-state index contributed by atoms with van der Waals surface area (Å²) in [5.41, 5.74) is 12.5. The lowest BCUT2D eigenvalue weighted by Gasteiger charge is -2.34. The van der Waals surface area contributed by atoms with Crippen molar-refractivity contribution >= 4 is 30.1 Å². The van der Waals surface area contributed by atoms with E-state index in [9.17, 15) is 0 Å². The van der Waals surface area contributed by atoms with Gasteiger partial charge in [-0.05, 0) is 25.7 Å². The molecule has 0 bridgehead atoms. The first-order valence-corrected chi connectivity index (χ1v) is 10.3. The maximum atomic E-state index is 5.97. The van der Waals surface area contributed by atoms with Crippen LogP contribution in [0.25, 0.3) is 11.4 Å². The summed E-state index contributed by atoms with van der Waals surface area (Å²) >= 11 is 3.53. The molecule has 0 amide bonds. The van der Waals surface area contributed by atoms with Gasteiger partial charge in [0.05, 0.1) is 26.4 Å². The number of nitrogens with zero attached hydrogens (tertiary/aromatic N) is 4. The predicted molar refractivity (Wildman–Crippen MR) is 119 cm³/mol. The van der Waals surface area contributed by atoms with Crippen LogP contribution >= 0.6 is 12.6 Å². The number of rotatable bonds is 3. The van der Waals surface area contributed by atoms with E-state index in [1.165, 1.54) is 13.5 Å². The Morgan fingerprint density at radius 3 is 2.28 bits per heavy atom. The van der Waals surface area contributed by atoms with Gasteiger partial charge in [-0.3, -0.25) is 0 Å². The van der Waals surface area contributed by atoms with Crippen molar-refractivity contribution in [1.82, 2.24) is 15.0 Å². The van der Waals surface area contributed by atoms with Crippen LogP contribution in [0.3, 0.4) is 0 Å². The van der Waals surface area contributed by atoms with Crippen LogP contribution in [-0.2, 0) is 9.47 Å². The number of nitrogen functional groups attached to an aromatic ring is 2. The van der Waals surface area contributed by atoms with Gasteiger partial charge in [-0.15, -0.1) is 0 Å². The Morgan fingerprint density at radius 1 is 1.03 bits per heavy atom. The highest BCUT2D eigenvalue weighted by molar-refractivity contribution is 7.79. The van der Waals surface area contributed by atoms with Gasteiger partial charge in [-0.2, -0.15) is 17.6 Å². The molecule has 1 unspecified atom stereocenters. The largest absolute Gasteiger partial charge is 0.481 e. The number of pyridine rings is 1. The fourth-order valence-corrected chi connectivity index (χ4v) is 2.70. The zero-order chi connectivity index (χ0) is 21.2. The van der Waals surface area contributed by atoms with Crippen LogP contribution in [0, 0.1) is 0 Å². The van der Waals surface area contributed by atoms with E-state index in [0.717, 1.165) is 25.6 Å². The van der Waals surface area contributed by atoms with Crippen molar-refractivity contribution in [1.29, 1.82) is 0 Å². The van der Waals surface area contributed by atoms with E-state index in [1.807, 2.05) is 0 Å². The third-order valence-electron chi connectivity index (χ3n) is 4.26. The van der Waals surface area contributed by atoms with Gasteiger partial charge in [0.15, 0.2) is 5.82 Å². The average Bonchev–Trinajstić information content (AvgIpc) is 2.67.